The van der Waals surface area contributed by atoms with E-state index in [1.54, 1.807) is 0 Å². The van der Waals surface area contributed by atoms with Gasteiger partial charge in [0.1, 0.15) is 0 Å². The second-order valence-corrected chi connectivity index (χ2v) is 4.95. The fourth-order valence-corrected chi connectivity index (χ4v) is 1.59. The number of rotatable bonds is 6. The molecule has 1 aromatic carbocycles. The molecule has 102 valence electrons. The molecule has 0 unspecified atom stereocenters. The molecule has 0 aliphatic carbocycles. The summed E-state index contributed by atoms with van der Waals surface area (Å²) in [5, 5.41) is 3.17. The molecule has 0 amide bonds. The maximum absolute atomic E-state index is 12.1. The minimum absolute atomic E-state index is 0. The van der Waals surface area contributed by atoms with E-state index in [9.17, 15) is 12.3 Å². The lowest BCUT2D eigenvalue weighted by atomic mass is 10.1. The van der Waals surface area contributed by atoms with Crippen molar-refractivity contribution in [2.24, 2.45) is 0 Å². The van der Waals surface area contributed by atoms with Crippen LogP contribution in [-0.2, 0) is 16.6 Å². The number of anilines is 1. The second kappa shape index (κ2) is 8.11. The van der Waals surface area contributed by atoms with Crippen LogP contribution in [0.25, 0.3) is 0 Å². The topological polar surface area (TPSA) is 46.2 Å². The lowest BCUT2D eigenvalue weighted by molar-refractivity contribution is 0.563. The van der Waals surface area contributed by atoms with Gasteiger partial charge in [0, 0.05) is 11.9 Å². The summed E-state index contributed by atoms with van der Waals surface area (Å²) >= 11 is 0. The molecule has 0 saturated heterocycles. The van der Waals surface area contributed by atoms with Crippen LogP contribution in [-0.4, -0.2) is 8.42 Å². The quantitative estimate of drug-likeness (QED) is 0.815. The first kappa shape index (κ1) is 16.9. The van der Waals surface area contributed by atoms with Crippen LogP contribution in [0.2, 0.25) is 0 Å². The van der Waals surface area contributed by atoms with E-state index < -0.39 is 10.2 Å². The van der Waals surface area contributed by atoms with E-state index in [-0.39, 0.29) is 12.4 Å². The lowest BCUT2D eigenvalue weighted by Gasteiger charge is -2.03. The summed E-state index contributed by atoms with van der Waals surface area (Å²) in [5.74, 6) is 0. The third kappa shape index (κ3) is 7.29. The van der Waals surface area contributed by atoms with E-state index in [4.69, 9.17) is 0 Å². The summed E-state index contributed by atoms with van der Waals surface area (Å²) in [5.41, 5.74) is 1.96. The van der Waals surface area contributed by atoms with Crippen molar-refractivity contribution >= 4 is 28.3 Å². The summed E-state index contributed by atoms with van der Waals surface area (Å²) in [6, 6.07) is 7.60. The molecule has 0 aliphatic heterocycles. The van der Waals surface area contributed by atoms with Gasteiger partial charge in [-0.05, 0) is 30.5 Å². The van der Waals surface area contributed by atoms with Crippen LogP contribution in [0.4, 0.5) is 9.57 Å². The highest BCUT2D eigenvalue weighted by Crippen LogP contribution is 2.11. The number of unbranched alkanes of at least 4 members (excludes halogenated alkanes) is 1. The Bertz CT molecular complexity index is 471. The molecule has 0 bridgehead atoms. The molecule has 6 heteroatoms. The van der Waals surface area contributed by atoms with Crippen molar-refractivity contribution in [2.45, 2.75) is 26.2 Å². The van der Waals surface area contributed by atoms with Crippen LogP contribution < -0.4 is 5.32 Å². The predicted molar refractivity (Wildman–Crippen MR) is 75.1 cm³/mol. The van der Waals surface area contributed by atoms with Crippen molar-refractivity contribution in [3.05, 3.63) is 41.4 Å². The highest BCUT2D eigenvalue weighted by Gasteiger charge is 1.98. The van der Waals surface area contributed by atoms with Crippen LogP contribution in [0, 0.1) is 0 Å². The highest BCUT2D eigenvalue weighted by molar-refractivity contribution is 7.89. The van der Waals surface area contributed by atoms with Crippen LogP contribution in [0.15, 0.2) is 35.9 Å². The number of benzene rings is 1. The number of hydrogen-bond acceptors (Lipinski definition) is 3. The molecule has 0 saturated carbocycles. The molecule has 1 aromatic rings. The highest BCUT2D eigenvalue weighted by atomic mass is 35.5. The SMILES string of the molecule is CCCCc1ccc(N/C=C/S(=O)(=O)F)cc1.Cl. The van der Waals surface area contributed by atoms with Crippen LogP contribution in [0.1, 0.15) is 25.3 Å². The summed E-state index contributed by atoms with van der Waals surface area (Å²) < 4.78 is 32.5. The minimum atomic E-state index is -4.56. The lowest BCUT2D eigenvalue weighted by Crippen LogP contribution is -1.91. The zero-order valence-corrected chi connectivity index (χ0v) is 11.7. The number of hydrogen-bond donors (Lipinski definition) is 1. The van der Waals surface area contributed by atoms with Gasteiger partial charge in [-0.25, -0.2) is 0 Å². The monoisotopic (exact) mass is 293 g/mol. The van der Waals surface area contributed by atoms with Crippen molar-refractivity contribution < 1.29 is 12.3 Å². The molecule has 0 fully saturated rings. The molecule has 0 aromatic heterocycles. The van der Waals surface area contributed by atoms with Gasteiger partial charge in [-0.1, -0.05) is 25.5 Å². The minimum Gasteiger partial charge on any atom is -0.361 e. The molecule has 18 heavy (non-hydrogen) atoms. The zero-order valence-electron chi connectivity index (χ0n) is 10.1. The Morgan fingerprint density at radius 3 is 2.39 bits per heavy atom. The van der Waals surface area contributed by atoms with Crippen molar-refractivity contribution in [1.82, 2.24) is 0 Å². The van der Waals surface area contributed by atoms with E-state index in [0.29, 0.717) is 5.41 Å². The molecule has 3 nitrogen and oxygen atoms in total. The smallest absolute Gasteiger partial charge is 0.326 e. The Morgan fingerprint density at radius 2 is 1.89 bits per heavy atom. The second-order valence-electron chi connectivity index (χ2n) is 3.72. The molecular weight excluding hydrogens is 277 g/mol. The molecule has 1 N–H and O–H groups in total. The Kier molecular flexibility index (Phi) is 7.62. The van der Waals surface area contributed by atoms with E-state index in [1.165, 1.54) is 5.56 Å². The summed E-state index contributed by atoms with van der Waals surface area (Å²) in [6.07, 6.45) is 4.39. The molecule has 0 atom stereocenters. The van der Waals surface area contributed by atoms with Gasteiger partial charge in [0.15, 0.2) is 0 Å². The average molecular weight is 294 g/mol. The number of halogens is 2. The van der Waals surface area contributed by atoms with Gasteiger partial charge in [0.2, 0.25) is 0 Å². The van der Waals surface area contributed by atoms with Gasteiger partial charge in [-0.3, -0.25) is 0 Å². The van der Waals surface area contributed by atoms with Crippen molar-refractivity contribution in [3.63, 3.8) is 0 Å². The van der Waals surface area contributed by atoms with Gasteiger partial charge in [0.25, 0.3) is 0 Å². The number of aryl methyl sites for hydroxylation is 1. The Labute approximate surface area is 114 Å². The number of nitrogens with one attached hydrogen (secondary N) is 1. The Hall–Kier alpha value is -1.07. The first-order valence-electron chi connectivity index (χ1n) is 5.48. The first-order chi connectivity index (χ1) is 8.01. The fourth-order valence-electron chi connectivity index (χ4n) is 1.36. The Balaban J connectivity index is 0.00000289. The maximum Gasteiger partial charge on any atom is 0.326 e. The zero-order chi connectivity index (χ0) is 12.7. The third-order valence-corrected chi connectivity index (χ3v) is 2.71. The van der Waals surface area contributed by atoms with Gasteiger partial charge < -0.3 is 5.32 Å². The fraction of sp³-hybridized carbons (Fsp3) is 0.333. The molecule has 0 radical (unpaired) electrons. The van der Waals surface area contributed by atoms with Gasteiger partial charge in [-0.15, -0.1) is 16.3 Å². The standard InChI is InChI=1S/C12H16FNO2S.ClH/c1-2-3-4-11-5-7-12(8-6-11)14-9-10-17(13,15)16;/h5-10,14H,2-4H2,1H3;1H/b10-9+;. The van der Waals surface area contributed by atoms with Crippen LogP contribution >= 0.6 is 12.4 Å². The van der Waals surface area contributed by atoms with Gasteiger partial charge in [-0.2, -0.15) is 8.42 Å². The van der Waals surface area contributed by atoms with E-state index >= 15 is 0 Å². The van der Waals surface area contributed by atoms with Crippen LogP contribution in [0.5, 0.6) is 0 Å². The van der Waals surface area contributed by atoms with Crippen molar-refractivity contribution in [3.8, 4) is 0 Å². The average Bonchev–Trinajstić information content (AvgIpc) is 2.26. The van der Waals surface area contributed by atoms with Crippen molar-refractivity contribution in [1.29, 1.82) is 0 Å². The molecule has 0 aliphatic rings. The predicted octanol–water partition coefficient (Wildman–Crippen LogP) is 3.63. The Morgan fingerprint density at radius 1 is 1.28 bits per heavy atom. The molecule has 0 spiro atoms. The largest absolute Gasteiger partial charge is 0.361 e. The molecule has 1 rings (SSSR count). The summed E-state index contributed by atoms with van der Waals surface area (Å²) in [6.45, 7) is 2.14. The van der Waals surface area contributed by atoms with E-state index in [0.717, 1.165) is 31.1 Å². The van der Waals surface area contributed by atoms with Gasteiger partial charge >= 0.3 is 10.2 Å². The van der Waals surface area contributed by atoms with E-state index in [2.05, 4.69) is 12.2 Å². The van der Waals surface area contributed by atoms with Gasteiger partial charge in [0.05, 0.1) is 5.41 Å². The van der Waals surface area contributed by atoms with Crippen LogP contribution in [0.3, 0.4) is 0 Å². The van der Waals surface area contributed by atoms with Crippen molar-refractivity contribution in [2.75, 3.05) is 5.32 Å². The normalized spacial score (nSPS) is 11.2. The molecular formula is C12H17ClFNO2S. The summed E-state index contributed by atoms with van der Waals surface area (Å²) in [7, 11) is -4.56. The molecule has 0 heterocycles. The maximum atomic E-state index is 12.1. The van der Waals surface area contributed by atoms with E-state index in [1.807, 2.05) is 24.3 Å². The first-order valence-corrected chi connectivity index (χ1v) is 6.92. The third-order valence-electron chi connectivity index (χ3n) is 2.25. The summed E-state index contributed by atoms with van der Waals surface area (Å²) in [4.78, 5) is 0.